The molecule has 0 saturated carbocycles. The third-order valence-corrected chi connectivity index (χ3v) is 4.26. The molecule has 2 N–H and O–H groups in total. The lowest BCUT2D eigenvalue weighted by Gasteiger charge is -2.10. The van der Waals surface area contributed by atoms with E-state index in [4.69, 9.17) is 0 Å². The molecule has 0 spiro atoms. The number of nitrogens with one attached hydrogen (secondary N) is 2. The molecule has 96 valence electrons. The summed E-state index contributed by atoms with van der Waals surface area (Å²) in [7, 11) is 0. The number of hydrogen-bond acceptors (Lipinski definition) is 1. The van der Waals surface area contributed by atoms with E-state index in [0.717, 1.165) is 21.2 Å². The average Bonchev–Trinajstić information content (AvgIpc) is 2.88. The Balaban J connectivity index is 1.86. The molecule has 0 saturated heterocycles. The summed E-state index contributed by atoms with van der Waals surface area (Å²) >= 11 is 7.04. The van der Waals surface area contributed by atoms with Crippen LogP contribution in [0.5, 0.6) is 0 Å². The zero-order chi connectivity index (χ0) is 13.2. The van der Waals surface area contributed by atoms with Gasteiger partial charge in [-0.05, 0) is 51.1 Å². The number of H-pyrrole nitrogens is 1. The van der Waals surface area contributed by atoms with Crippen LogP contribution in [-0.2, 0) is 6.54 Å². The molecular weight excluding hydrogens is 368 g/mol. The van der Waals surface area contributed by atoms with Crippen LogP contribution in [0.3, 0.4) is 0 Å². The van der Waals surface area contributed by atoms with Crippen molar-refractivity contribution >= 4 is 48.5 Å². The standard InChI is InChI=1S/C15H12Br2N2/c16-12-4-5-13(17)14(8-12)19-9-11-3-1-2-10-6-7-18-15(10)11/h1-8,18-19H,9H2. The fraction of sp³-hybridized carbons (Fsp3) is 0.0667. The Labute approximate surface area is 128 Å². The van der Waals surface area contributed by atoms with E-state index in [1.807, 2.05) is 18.3 Å². The minimum atomic E-state index is 0.785. The van der Waals surface area contributed by atoms with Gasteiger partial charge in [0.1, 0.15) is 0 Å². The number of benzene rings is 2. The predicted octanol–water partition coefficient (Wildman–Crippen LogP) is 5.31. The Morgan fingerprint density at radius 1 is 1.05 bits per heavy atom. The summed E-state index contributed by atoms with van der Waals surface area (Å²) in [5.41, 5.74) is 3.54. The Bertz CT molecular complexity index is 719. The number of aromatic nitrogens is 1. The van der Waals surface area contributed by atoms with Crippen LogP contribution in [0.4, 0.5) is 5.69 Å². The summed E-state index contributed by atoms with van der Waals surface area (Å²) in [6.07, 6.45) is 1.98. The fourth-order valence-electron chi connectivity index (χ4n) is 2.12. The first-order valence-electron chi connectivity index (χ1n) is 5.98. The first-order chi connectivity index (χ1) is 9.24. The van der Waals surface area contributed by atoms with Crippen molar-refractivity contribution in [2.24, 2.45) is 0 Å². The molecule has 0 aliphatic carbocycles. The SMILES string of the molecule is Brc1ccc(Br)c(NCc2cccc3cc[nH]c23)c1. The summed E-state index contributed by atoms with van der Waals surface area (Å²) in [6.45, 7) is 0.785. The maximum absolute atomic E-state index is 3.56. The van der Waals surface area contributed by atoms with E-state index in [0.29, 0.717) is 0 Å². The van der Waals surface area contributed by atoms with E-state index in [-0.39, 0.29) is 0 Å². The van der Waals surface area contributed by atoms with Gasteiger partial charge in [-0.1, -0.05) is 34.1 Å². The Morgan fingerprint density at radius 3 is 2.84 bits per heavy atom. The number of halogens is 2. The monoisotopic (exact) mass is 378 g/mol. The summed E-state index contributed by atoms with van der Waals surface area (Å²) < 4.78 is 2.13. The summed E-state index contributed by atoms with van der Waals surface area (Å²) in [5.74, 6) is 0. The zero-order valence-electron chi connectivity index (χ0n) is 10.1. The van der Waals surface area contributed by atoms with Crippen molar-refractivity contribution in [3.8, 4) is 0 Å². The first-order valence-corrected chi connectivity index (χ1v) is 7.56. The van der Waals surface area contributed by atoms with Crippen molar-refractivity contribution in [1.29, 1.82) is 0 Å². The topological polar surface area (TPSA) is 27.8 Å². The van der Waals surface area contributed by atoms with Crippen molar-refractivity contribution in [3.63, 3.8) is 0 Å². The first kappa shape index (κ1) is 12.8. The van der Waals surface area contributed by atoms with Crippen molar-refractivity contribution < 1.29 is 0 Å². The number of aromatic amines is 1. The average molecular weight is 380 g/mol. The van der Waals surface area contributed by atoms with Crippen molar-refractivity contribution in [3.05, 3.63) is 63.2 Å². The van der Waals surface area contributed by atoms with E-state index in [9.17, 15) is 0 Å². The Morgan fingerprint density at radius 2 is 1.95 bits per heavy atom. The number of anilines is 1. The third-order valence-electron chi connectivity index (χ3n) is 3.07. The molecule has 2 nitrogen and oxygen atoms in total. The van der Waals surface area contributed by atoms with Gasteiger partial charge in [-0.3, -0.25) is 0 Å². The van der Waals surface area contributed by atoms with Crippen LogP contribution in [0.2, 0.25) is 0 Å². The van der Waals surface area contributed by atoms with Crippen LogP contribution in [-0.4, -0.2) is 4.98 Å². The largest absolute Gasteiger partial charge is 0.380 e. The molecule has 0 bridgehead atoms. The molecule has 3 rings (SSSR count). The second-order valence-electron chi connectivity index (χ2n) is 4.34. The van der Waals surface area contributed by atoms with E-state index in [1.54, 1.807) is 0 Å². The Hall–Kier alpha value is -1.26. The summed E-state index contributed by atoms with van der Waals surface area (Å²) in [4.78, 5) is 3.29. The molecule has 0 radical (unpaired) electrons. The van der Waals surface area contributed by atoms with Crippen LogP contribution >= 0.6 is 31.9 Å². The summed E-state index contributed by atoms with van der Waals surface area (Å²) in [6, 6.07) is 14.5. The van der Waals surface area contributed by atoms with Gasteiger partial charge in [0.2, 0.25) is 0 Å². The number of fused-ring (bicyclic) bond motifs is 1. The summed E-state index contributed by atoms with van der Waals surface area (Å²) in [5, 5.41) is 4.70. The van der Waals surface area contributed by atoms with Gasteiger partial charge >= 0.3 is 0 Å². The lowest BCUT2D eigenvalue weighted by Crippen LogP contribution is -2.00. The van der Waals surface area contributed by atoms with Gasteiger partial charge in [-0.15, -0.1) is 0 Å². The Kier molecular flexibility index (Phi) is 3.62. The van der Waals surface area contributed by atoms with Gasteiger partial charge in [0.15, 0.2) is 0 Å². The molecule has 0 fully saturated rings. The highest BCUT2D eigenvalue weighted by atomic mass is 79.9. The zero-order valence-corrected chi connectivity index (χ0v) is 13.3. The number of rotatable bonds is 3. The van der Waals surface area contributed by atoms with Crippen molar-refractivity contribution in [2.75, 3.05) is 5.32 Å². The third kappa shape index (κ3) is 2.69. The lowest BCUT2D eigenvalue weighted by molar-refractivity contribution is 1.15. The minimum Gasteiger partial charge on any atom is -0.380 e. The van der Waals surface area contributed by atoms with E-state index >= 15 is 0 Å². The molecule has 1 aromatic heterocycles. The second-order valence-corrected chi connectivity index (χ2v) is 6.11. The van der Waals surface area contributed by atoms with Crippen molar-refractivity contribution in [2.45, 2.75) is 6.54 Å². The van der Waals surface area contributed by atoms with Crippen molar-refractivity contribution in [1.82, 2.24) is 4.98 Å². The fourth-order valence-corrected chi connectivity index (χ4v) is 2.87. The minimum absolute atomic E-state index is 0.785. The molecule has 0 unspecified atom stereocenters. The highest BCUT2D eigenvalue weighted by molar-refractivity contribution is 9.11. The molecular formula is C15H12Br2N2. The normalized spacial score (nSPS) is 10.8. The molecule has 0 aliphatic heterocycles. The van der Waals surface area contributed by atoms with E-state index in [1.165, 1.54) is 16.5 Å². The van der Waals surface area contributed by atoms with E-state index < -0.39 is 0 Å². The molecule has 19 heavy (non-hydrogen) atoms. The lowest BCUT2D eigenvalue weighted by atomic mass is 10.1. The molecule has 4 heteroatoms. The van der Waals surface area contributed by atoms with Crippen LogP contribution in [0.15, 0.2) is 57.6 Å². The molecule has 2 aromatic carbocycles. The quantitative estimate of drug-likeness (QED) is 0.634. The molecule has 0 atom stereocenters. The molecule has 1 heterocycles. The maximum atomic E-state index is 3.56. The van der Waals surface area contributed by atoms with Crippen LogP contribution in [0.1, 0.15) is 5.56 Å². The van der Waals surface area contributed by atoms with E-state index in [2.05, 4.69) is 72.5 Å². The van der Waals surface area contributed by atoms with Gasteiger partial charge in [0.05, 0.1) is 5.52 Å². The number of hydrogen-bond donors (Lipinski definition) is 2. The highest BCUT2D eigenvalue weighted by Gasteiger charge is 2.04. The van der Waals surface area contributed by atoms with Crippen LogP contribution in [0, 0.1) is 0 Å². The van der Waals surface area contributed by atoms with Gasteiger partial charge in [-0.2, -0.15) is 0 Å². The number of para-hydroxylation sites is 1. The van der Waals surface area contributed by atoms with Gasteiger partial charge < -0.3 is 10.3 Å². The molecule has 3 aromatic rings. The van der Waals surface area contributed by atoms with Gasteiger partial charge in [0.25, 0.3) is 0 Å². The molecule has 0 aliphatic rings. The van der Waals surface area contributed by atoms with Crippen LogP contribution in [0.25, 0.3) is 10.9 Å². The van der Waals surface area contributed by atoms with Gasteiger partial charge in [-0.25, -0.2) is 0 Å². The van der Waals surface area contributed by atoms with Crippen LogP contribution < -0.4 is 5.32 Å². The second kappa shape index (κ2) is 5.39. The van der Waals surface area contributed by atoms with Gasteiger partial charge in [0, 0.05) is 27.4 Å². The highest BCUT2D eigenvalue weighted by Crippen LogP contribution is 2.27. The predicted molar refractivity (Wildman–Crippen MR) is 87.5 cm³/mol. The smallest absolute Gasteiger partial charge is 0.0504 e. The molecule has 0 amide bonds. The maximum Gasteiger partial charge on any atom is 0.0504 e.